The van der Waals surface area contributed by atoms with Gasteiger partial charge in [-0.2, -0.15) is 0 Å². The van der Waals surface area contributed by atoms with Gasteiger partial charge in [0, 0.05) is 36.5 Å². The molecule has 0 saturated heterocycles. The van der Waals surface area contributed by atoms with Crippen LogP contribution in [0.2, 0.25) is 0 Å². The summed E-state index contributed by atoms with van der Waals surface area (Å²) in [5.41, 5.74) is 2.97. The molecule has 1 saturated carbocycles. The standard InChI is InChI=1S/C29H41F2N3O.C2H6/c1-7-17-34(18-8-2)29(15-12-16-29)27(22-13-10-9-11-14-22)33-21(3)26-24(32-5)19-23(28(4,30)31)20-25(26)35-6;1-2/h9-11,13-14,19-20,27,32-33H,3,7-8,12,15-18H2,1-2,4-6H3;1-2H3. The lowest BCUT2D eigenvalue weighted by atomic mass is 9.67. The largest absolute Gasteiger partial charge is 0.496 e. The number of ether oxygens (including phenoxy) is 1. The van der Waals surface area contributed by atoms with Gasteiger partial charge in [-0.3, -0.25) is 4.90 Å². The Balaban J connectivity index is 0.00000235. The molecule has 4 nitrogen and oxygen atoms in total. The zero-order chi connectivity index (χ0) is 27.6. The van der Waals surface area contributed by atoms with Gasteiger partial charge in [0.05, 0.1) is 18.7 Å². The van der Waals surface area contributed by atoms with Crippen LogP contribution in [0.1, 0.15) is 89.5 Å². The van der Waals surface area contributed by atoms with Crippen molar-refractivity contribution in [2.45, 2.75) is 84.2 Å². The molecule has 0 heterocycles. The van der Waals surface area contributed by atoms with Crippen LogP contribution in [-0.2, 0) is 5.92 Å². The van der Waals surface area contributed by atoms with Crippen LogP contribution in [0.3, 0.4) is 0 Å². The lowest BCUT2D eigenvalue weighted by Crippen LogP contribution is -2.61. The van der Waals surface area contributed by atoms with E-state index in [1.54, 1.807) is 7.05 Å². The Hall–Kier alpha value is -2.60. The normalized spacial score (nSPS) is 15.2. The SMILES string of the molecule is C=C(NC(c1ccccc1)C1(N(CCC)CCC)CCC1)c1c(NC)cc(C(C)(F)F)cc1OC.CC. The molecule has 1 aliphatic rings. The summed E-state index contributed by atoms with van der Waals surface area (Å²) < 4.78 is 33.9. The summed E-state index contributed by atoms with van der Waals surface area (Å²) in [6, 6.07) is 13.4. The quantitative estimate of drug-likeness (QED) is 0.282. The third-order valence-corrected chi connectivity index (χ3v) is 7.23. The van der Waals surface area contributed by atoms with Crippen molar-refractivity contribution in [1.29, 1.82) is 0 Å². The van der Waals surface area contributed by atoms with E-state index in [0.29, 0.717) is 22.7 Å². The molecule has 1 fully saturated rings. The van der Waals surface area contributed by atoms with E-state index in [2.05, 4.69) is 60.2 Å². The fourth-order valence-electron chi connectivity index (χ4n) is 5.38. The highest BCUT2D eigenvalue weighted by molar-refractivity contribution is 5.80. The molecule has 1 unspecified atom stereocenters. The molecule has 3 rings (SSSR count). The van der Waals surface area contributed by atoms with Gasteiger partial charge in [0.2, 0.25) is 0 Å². The van der Waals surface area contributed by atoms with Crippen molar-refractivity contribution in [3.05, 3.63) is 65.7 Å². The average Bonchev–Trinajstić information content (AvgIpc) is 2.87. The maximum absolute atomic E-state index is 14.2. The van der Waals surface area contributed by atoms with E-state index < -0.39 is 5.92 Å². The van der Waals surface area contributed by atoms with Crippen molar-refractivity contribution >= 4 is 11.4 Å². The number of nitrogens with zero attached hydrogens (tertiary/aromatic N) is 1. The Bertz CT molecular complexity index is 953. The third kappa shape index (κ3) is 6.84. The smallest absolute Gasteiger partial charge is 0.270 e. The number of hydrogen-bond acceptors (Lipinski definition) is 4. The van der Waals surface area contributed by atoms with Gasteiger partial charge < -0.3 is 15.4 Å². The lowest BCUT2D eigenvalue weighted by molar-refractivity contribution is -0.0138. The molecule has 0 bridgehead atoms. The van der Waals surface area contributed by atoms with Gasteiger partial charge in [-0.25, -0.2) is 8.78 Å². The fraction of sp³-hybridized carbons (Fsp3) is 0.548. The van der Waals surface area contributed by atoms with Crippen LogP contribution in [-0.4, -0.2) is 37.7 Å². The molecule has 2 aromatic rings. The number of alkyl halides is 2. The molecular formula is C31H47F2N3O. The Kier molecular flexibility index (Phi) is 11.4. The molecule has 0 aliphatic heterocycles. The van der Waals surface area contributed by atoms with E-state index in [4.69, 9.17) is 4.74 Å². The molecule has 0 amide bonds. The van der Waals surface area contributed by atoms with E-state index in [1.165, 1.54) is 31.2 Å². The van der Waals surface area contributed by atoms with Crippen molar-refractivity contribution in [2.24, 2.45) is 0 Å². The van der Waals surface area contributed by atoms with Crippen molar-refractivity contribution in [3.63, 3.8) is 0 Å². The third-order valence-electron chi connectivity index (χ3n) is 7.23. The predicted octanol–water partition coefficient (Wildman–Crippen LogP) is 8.22. The molecule has 6 heteroatoms. The van der Waals surface area contributed by atoms with E-state index in [-0.39, 0.29) is 17.1 Å². The highest BCUT2D eigenvalue weighted by Crippen LogP contribution is 2.48. The van der Waals surface area contributed by atoms with Crippen LogP contribution in [0.5, 0.6) is 5.75 Å². The first-order valence-corrected chi connectivity index (χ1v) is 13.8. The van der Waals surface area contributed by atoms with Crippen molar-refractivity contribution in [2.75, 3.05) is 32.6 Å². The predicted molar refractivity (Wildman–Crippen MR) is 154 cm³/mol. The van der Waals surface area contributed by atoms with Gasteiger partial charge in [0.25, 0.3) is 5.92 Å². The molecule has 1 atom stereocenters. The Labute approximate surface area is 223 Å². The van der Waals surface area contributed by atoms with Crippen LogP contribution < -0.4 is 15.4 Å². The summed E-state index contributed by atoms with van der Waals surface area (Å²) >= 11 is 0. The maximum atomic E-state index is 14.2. The van der Waals surface area contributed by atoms with Gasteiger partial charge in [0.1, 0.15) is 5.75 Å². The van der Waals surface area contributed by atoms with Crippen LogP contribution in [0, 0.1) is 0 Å². The van der Waals surface area contributed by atoms with Crippen molar-refractivity contribution < 1.29 is 13.5 Å². The molecule has 206 valence electrons. The Morgan fingerprint density at radius 1 is 1.11 bits per heavy atom. The number of methoxy groups -OCH3 is 1. The first kappa shape index (κ1) is 30.6. The van der Waals surface area contributed by atoms with E-state index in [1.807, 2.05) is 19.9 Å². The van der Waals surface area contributed by atoms with E-state index >= 15 is 0 Å². The Morgan fingerprint density at radius 3 is 2.14 bits per heavy atom. The molecule has 2 aromatic carbocycles. The molecule has 0 spiro atoms. The van der Waals surface area contributed by atoms with Crippen LogP contribution >= 0.6 is 0 Å². The zero-order valence-electron chi connectivity index (χ0n) is 23.9. The maximum Gasteiger partial charge on any atom is 0.270 e. The van der Waals surface area contributed by atoms with Crippen LogP contribution in [0.4, 0.5) is 14.5 Å². The first-order valence-electron chi connectivity index (χ1n) is 13.8. The van der Waals surface area contributed by atoms with Crippen molar-refractivity contribution in [1.82, 2.24) is 10.2 Å². The fourth-order valence-corrected chi connectivity index (χ4v) is 5.38. The molecule has 2 N–H and O–H groups in total. The molecule has 0 aromatic heterocycles. The number of nitrogens with one attached hydrogen (secondary N) is 2. The number of benzene rings is 2. The van der Waals surface area contributed by atoms with Crippen LogP contribution in [0.15, 0.2) is 49.0 Å². The highest BCUT2D eigenvalue weighted by atomic mass is 19.3. The summed E-state index contributed by atoms with van der Waals surface area (Å²) in [7, 11) is 3.24. The summed E-state index contributed by atoms with van der Waals surface area (Å²) in [6.07, 6.45) is 5.57. The Morgan fingerprint density at radius 2 is 1.70 bits per heavy atom. The van der Waals surface area contributed by atoms with Gasteiger partial charge in [-0.1, -0.05) is 64.6 Å². The number of hydrogen-bond donors (Lipinski definition) is 2. The van der Waals surface area contributed by atoms with Crippen molar-refractivity contribution in [3.8, 4) is 5.75 Å². The minimum atomic E-state index is -2.98. The first-order chi connectivity index (χ1) is 17.7. The highest BCUT2D eigenvalue weighted by Gasteiger charge is 2.49. The van der Waals surface area contributed by atoms with Gasteiger partial charge in [-0.15, -0.1) is 0 Å². The lowest BCUT2D eigenvalue weighted by Gasteiger charge is -2.55. The molecule has 1 aliphatic carbocycles. The van der Waals surface area contributed by atoms with E-state index in [0.717, 1.165) is 45.7 Å². The minimum absolute atomic E-state index is 0.00440. The second-order valence-corrected chi connectivity index (χ2v) is 9.65. The van der Waals surface area contributed by atoms with Gasteiger partial charge in [0.15, 0.2) is 0 Å². The topological polar surface area (TPSA) is 36.5 Å². The average molecular weight is 516 g/mol. The van der Waals surface area contributed by atoms with Gasteiger partial charge in [-0.05, 0) is 62.9 Å². The summed E-state index contributed by atoms with van der Waals surface area (Å²) in [4.78, 5) is 2.64. The molecule has 37 heavy (non-hydrogen) atoms. The monoisotopic (exact) mass is 515 g/mol. The second kappa shape index (κ2) is 13.8. The molecular weight excluding hydrogens is 468 g/mol. The number of halogens is 2. The van der Waals surface area contributed by atoms with Gasteiger partial charge >= 0.3 is 0 Å². The van der Waals surface area contributed by atoms with E-state index in [9.17, 15) is 8.78 Å². The summed E-state index contributed by atoms with van der Waals surface area (Å²) in [6.45, 7) is 15.8. The second-order valence-electron chi connectivity index (χ2n) is 9.65. The molecule has 0 radical (unpaired) electrons. The zero-order valence-corrected chi connectivity index (χ0v) is 23.9. The summed E-state index contributed by atoms with van der Waals surface area (Å²) in [5.74, 6) is -2.60. The number of rotatable bonds is 13. The summed E-state index contributed by atoms with van der Waals surface area (Å²) in [5, 5.41) is 6.84. The van der Waals surface area contributed by atoms with Crippen LogP contribution in [0.25, 0.3) is 5.70 Å². The number of anilines is 1. The minimum Gasteiger partial charge on any atom is -0.496 e.